The summed E-state index contributed by atoms with van der Waals surface area (Å²) in [7, 11) is 0. The van der Waals surface area contributed by atoms with E-state index in [1.54, 1.807) is 12.1 Å². The van der Waals surface area contributed by atoms with Crippen LogP contribution in [0.5, 0.6) is 0 Å². The average molecular weight is 368 g/mol. The van der Waals surface area contributed by atoms with E-state index in [2.05, 4.69) is 10.4 Å². The molecule has 3 rings (SSSR count). The van der Waals surface area contributed by atoms with Crippen molar-refractivity contribution in [3.8, 4) is 0 Å². The Morgan fingerprint density at radius 3 is 2.50 bits per heavy atom. The van der Waals surface area contributed by atoms with Crippen LogP contribution in [0.1, 0.15) is 27.2 Å². The molecule has 2 aromatic carbocycles. The van der Waals surface area contributed by atoms with Gasteiger partial charge in [-0.05, 0) is 43.2 Å². The van der Waals surface area contributed by atoms with Gasteiger partial charge in [-0.2, -0.15) is 5.10 Å². The number of aromatic nitrogens is 2. The summed E-state index contributed by atoms with van der Waals surface area (Å²) >= 11 is 6.08. The third kappa shape index (κ3) is 4.18. The number of rotatable bonds is 4. The summed E-state index contributed by atoms with van der Waals surface area (Å²) in [5.74, 6) is -0.400. The van der Waals surface area contributed by atoms with E-state index in [9.17, 15) is 9.59 Å². The van der Waals surface area contributed by atoms with E-state index in [0.29, 0.717) is 17.3 Å². The van der Waals surface area contributed by atoms with Gasteiger partial charge >= 0.3 is 0 Å². The molecule has 1 aromatic heterocycles. The van der Waals surface area contributed by atoms with Crippen LogP contribution in [0.2, 0.25) is 5.02 Å². The van der Waals surface area contributed by atoms with E-state index in [1.165, 1.54) is 16.8 Å². The largest absolute Gasteiger partial charge is 0.321 e. The van der Waals surface area contributed by atoms with Crippen molar-refractivity contribution in [2.75, 3.05) is 5.32 Å². The fourth-order valence-corrected chi connectivity index (χ4v) is 2.60. The Hall–Kier alpha value is -2.92. The highest BCUT2D eigenvalue weighted by Crippen LogP contribution is 2.20. The SMILES string of the molecule is Cc1ccc(Cn2nc(C(=O)Nc3ccc(C)c(Cl)c3)ccc2=O)cc1. The summed E-state index contributed by atoms with van der Waals surface area (Å²) in [6.45, 7) is 4.18. The van der Waals surface area contributed by atoms with Gasteiger partial charge in [-0.1, -0.05) is 47.5 Å². The molecule has 26 heavy (non-hydrogen) atoms. The molecule has 0 saturated heterocycles. The molecule has 0 aliphatic heterocycles. The van der Waals surface area contributed by atoms with Gasteiger partial charge in [0, 0.05) is 16.8 Å². The van der Waals surface area contributed by atoms with Gasteiger partial charge in [0.2, 0.25) is 0 Å². The zero-order valence-corrected chi connectivity index (χ0v) is 15.2. The van der Waals surface area contributed by atoms with Crippen LogP contribution in [0.3, 0.4) is 0 Å². The Kier molecular flexibility index (Phi) is 5.19. The molecular formula is C20H18ClN3O2. The maximum absolute atomic E-state index is 12.4. The van der Waals surface area contributed by atoms with E-state index in [-0.39, 0.29) is 11.3 Å². The first-order valence-electron chi connectivity index (χ1n) is 8.13. The van der Waals surface area contributed by atoms with Gasteiger partial charge in [0.05, 0.1) is 6.54 Å². The molecule has 5 nitrogen and oxygen atoms in total. The van der Waals surface area contributed by atoms with Crippen molar-refractivity contribution in [2.45, 2.75) is 20.4 Å². The molecule has 1 N–H and O–H groups in total. The van der Waals surface area contributed by atoms with Crippen molar-refractivity contribution in [1.29, 1.82) is 0 Å². The normalized spacial score (nSPS) is 10.6. The molecule has 0 spiro atoms. The maximum atomic E-state index is 12.4. The Morgan fingerprint density at radius 1 is 1.08 bits per heavy atom. The van der Waals surface area contributed by atoms with Crippen molar-refractivity contribution >= 4 is 23.2 Å². The minimum absolute atomic E-state index is 0.161. The summed E-state index contributed by atoms with van der Waals surface area (Å²) < 4.78 is 1.28. The summed E-state index contributed by atoms with van der Waals surface area (Å²) in [4.78, 5) is 24.5. The quantitative estimate of drug-likeness (QED) is 0.762. The van der Waals surface area contributed by atoms with E-state index in [0.717, 1.165) is 16.7 Å². The van der Waals surface area contributed by atoms with Gasteiger partial charge < -0.3 is 5.32 Å². The molecule has 1 amide bonds. The molecular weight excluding hydrogens is 350 g/mol. The predicted octanol–water partition coefficient (Wildman–Crippen LogP) is 3.81. The molecule has 0 bridgehead atoms. The Bertz CT molecular complexity index is 1010. The number of halogens is 1. The fraction of sp³-hybridized carbons (Fsp3) is 0.150. The lowest BCUT2D eigenvalue weighted by molar-refractivity contribution is 0.102. The van der Waals surface area contributed by atoms with Crippen LogP contribution >= 0.6 is 11.6 Å². The third-order valence-corrected chi connectivity index (χ3v) is 4.39. The first-order valence-corrected chi connectivity index (χ1v) is 8.51. The number of hydrogen-bond donors (Lipinski definition) is 1. The van der Waals surface area contributed by atoms with Crippen LogP contribution in [0.4, 0.5) is 5.69 Å². The first kappa shape index (κ1) is 17.9. The minimum Gasteiger partial charge on any atom is -0.321 e. The number of carbonyl (C=O) groups is 1. The van der Waals surface area contributed by atoms with Crippen molar-refractivity contribution in [3.63, 3.8) is 0 Å². The van der Waals surface area contributed by atoms with Crippen molar-refractivity contribution < 1.29 is 4.79 Å². The van der Waals surface area contributed by atoms with Crippen LogP contribution in [0.15, 0.2) is 59.4 Å². The first-order chi connectivity index (χ1) is 12.4. The van der Waals surface area contributed by atoms with Crippen LogP contribution < -0.4 is 10.9 Å². The summed E-state index contributed by atoms with van der Waals surface area (Å²) in [5.41, 5.74) is 3.47. The van der Waals surface area contributed by atoms with Crippen LogP contribution in [0.25, 0.3) is 0 Å². The Morgan fingerprint density at radius 2 is 1.81 bits per heavy atom. The molecule has 0 unspecified atom stereocenters. The van der Waals surface area contributed by atoms with Crippen molar-refractivity contribution in [1.82, 2.24) is 9.78 Å². The molecule has 0 aliphatic rings. The summed E-state index contributed by atoms with van der Waals surface area (Å²) in [6.07, 6.45) is 0. The van der Waals surface area contributed by atoms with E-state index >= 15 is 0 Å². The Balaban J connectivity index is 1.81. The summed E-state index contributed by atoms with van der Waals surface area (Å²) in [5, 5.41) is 7.50. The second kappa shape index (κ2) is 7.54. The van der Waals surface area contributed by atoms with E-state index < -0.39 is 5.91 Å². The fourth-order valence-electron chi connectivity index (χ4n) is 2.42. The van der Waals surface area contributed by atoms with E-state index in [4.69, 9.17) is 11.6 Å². The topological polar surface area (TPSA) is 64.0 Å². The van der Waals surface area contributed by atoms with Crippen LogP contribution in [0, 0.1) is 13.8 Å². The second-order valence-corrected chi connectivity index (χ2v) is 6.53. The van der Waals surface area contributed by atoms with Gasteiger partial charge in [-0.25, -0.2) is 4.68 Å². The van der Waals surface area contributed by atoms with Gasteiger partial charge in [0.15, 0.2) is 0 Å². The number of hydrogen-bond acceptors (Lipinski definition) is 3. The van der Waals surface area contributed by atoms with Gasteiger partial charge in [-0.3, -0.25) is 9.59 Å². The molecule has 0 saturated carbocycles. The van der Waals surface area contributed by atoms with Gasteiger partial charge in [0.25, 0.3) is 11.5 Å². The lowest BCUT2D eigenvalue weighted by Gasteiger charge is -2.09. The number of nitrogens with zero attached hydrogens (tertiary/aromatic N) is 2. The highest BCUT2D eigenvalue weighted by molar-refractivity contribution is 6.31. The second-order valence-electron chi connectivity index (χ2n) is 6.12. The monoisotopic (exact) mass is 367 g/mol. The van der Waals surface area contributed by atoms with Crippen LogP contribution in [-0.4, -0.2) is 15.7 Å². The number of carbonyl (C=O) groups excluding carboxylic acids is 1. The Labute approximate surface area is 156 Å². The van der Waals surface area contributed by atoms with Gasteiger partial charge in [-0.15, -0.1) is 0 Å². The minimum atomic E-state index is -0.400. The molecule has 0 fully saturated rings. The molecule has 132 valence electrons. The summed E-state index contributed by atoms with van der Waals surface area (Å²) in [6, 6.07) is 15.8. The highest BCUT2D eigenvalue weighted by Gasteiger charge is 2.11. The number of nitrogens with one attached hydrogen (secondary N) is 1. The zero-order valence-electron chi connectivity index (χ0n) is 14.5. The molecule has 6 heteroatoms. The number of anilines is 1. The maximum Gasteiger partial charge on any atom is 0.276 e. The number of aryl methyl sites for hydroxylation is 2. The zero-order chi connectivity index (χ0) is 18.7. The standard InChI is InChI=1S/C20H18ClN3O2/c1-13-3-6-15(7-4-13)12-24-19(25)10-9-18(23-24)20(26)22-16-8-5-14(2)17(21)11-16/h3-11H,12H2,1-2H3,(H,22,26). The lowest BCUT2D eigenvalue weighted by Crippen LogP contribution is -2.26. The predicted molar refractivity (Wildman–Crippen MR) is 103 cm³/mol. The molecule has 0 radical (unpaired) electrons. The molecule has 0 aliphatic carbocycles. The highest BCUT2D eigenvalue weighted by atomic mass is 35.5. The molecule has 1 heterocycles. The van der Waals surface area contributed by atoms with Crippen molar-refractivity contribution in [3.05, 3.63) is 92.4 Å². The smallest absolute Gasteiger partial charge is 0.276 e. The van der Waals surface area contributed by atoms with Gasteiger partial charge in [0.1, 0.15) is 5.69 Å². The number of benzene rings is 2. The lowest BCUT2D eigenvalue weighted by atomic mass is 10.1. The number of amides is 1. The van der Waals surface area contributed by atoms with Crippen molar-refractivity contribution in [2.24, 2.45) is 0 Å². The van der Waals surface area contributed by atoms with E-state index in [1.807, 2.05) is 44.2 Å². The molecule has 3 aromatic rings. The average Bonchev–Trinajstić information content (AvgIpc) is 2.62. The van der Waals surface area contributed by atoms with Crippen LogP contribution in [-0.2, 0) is 6.54 Å². The molecule has 0 atom stereocenters. The third-order valence-electron chi connectivity index (χ3n) is 3.98.